The zero-order chi connectivity index (χ0) is 28.4. The molecule has 2 aromatic rings. The van der Waals surface area contributed by atoms with Crippen molar-refractivity contribution in [1.82, 2.24) is 0 Å². The van der Waals surface area contributed by atoms with Crippen LogP contribution in [0.5, 0.6) is 0 Å². The number of allylic oxidation sites excluding steroid dienone is 8. The van der Waals surface area contributed by atoms with E-state index >= 15 is 0 Å². The average Bonchev–Trinajstić information content (AvgIpc) is 3.22. The summed E-state index contributed by atoms with van der Waals surface area (Å²) in [7, 11) is 0. The summed E-state index contributed by atoms with van der Waals surface area (Å²) in [4.78, 5) is 5.03. The van der Waals surface area contributed by atoms with Gasteiger partial charge in [-0.3, -0.25) is 4.99 Å². The number of fused-ring (bicyclic) bond motifs is 3. The van der Waals surface area contributed by atoms with Gasteiger partial charge in [-0.2, -0.15) is 0 Å². The van der Waals surface area contributed by atoms with E-state index in [0.717, 1.165) is 40.4 Å². The Morgan fingerprint density at radius 2 is 1.93 bits per heavy atom. The molecule has 0 spiro atoms. The molecule has 5 rings (SSSR count). The van der Waals surface area contributed by atoms with Crippen molar-refractivity contribution in [1.29, 1.82) is 0 Å². The van der Waals surface area contributed by atoms with Gasteiger partial charge >= 0.3 is 0 Å². The number of nitrogens with two attached hydrogens (primary N) is 2. The molecule has 3 atom stereocenters. The van der Waals surface area contributed by atoms with Gasteiger partial charge in [-0.05, 0) is 84.4 Å². The summed E-state index contributed by atoms with van der Waals surface area (Å²) < 4.78 is 0. The molecule has 40 heavy (non-hydrogen) atoms. The fraction of sp³-hybridized carbons (Fsp3) is 0.250. The Kier molecular flexibility index (Phi) is 7.53. The molecule has 0 saturated heterocycles. The summed E-state index contributed by atoms with van der Waals surface area (Å²) in [5, 5.41) is 6.02. The summed E-state index contributed by atoms with van der Waals surface area (Å²) in [6.07, 6.45) is 19.8. The lowest BCUT2D eigenvalue weighted by atomic mass is 9.80. The molecule has 0 aromatic heterocycles. The lowest BCUT2D eigenvalue weighted by molar-refractivity contribution is 0.481. The van der Waals surface area contributed by atoms with Gasteiger partial charge in [0, 0.05) is 45.6 Å². The van der Waals surface area contributed by atoms with Crippen LogP contribution in [-0.2, 0) is 5.54 Å². The first-order valence-electron chi connectivity index (χ1n) is 14.1. The third-order valence-corrected chi connectivity index (χ3v) is 8.27. The number of nitrogens with one attached hydrogen (secondary N) is 1. The van der Waals surface area contributed by atoms with Crippen molar-refractivity contribution in [2.24, 2.45) is 22.4 Å². The second kappa shape index (κ2) is 11.1. The highest BCUT2D eigenvalue weighted by molar-refractivity contribution is 5.83. The molecule has 0 aliphatic heterocycles. The molecule has 0 amide bonds. The van der Waals surface area contributed by atoms with Crippen LogP contribution in [0.2, 0.25) is 0 Å². The average molecular weight is 529 g/mol. The molecule has 204 valence electrons. The number of anilines is 1. The van der Waals surface area contributed by atoms with E-state index in [1.54, 1.807) is 6.08 Å². The van der Waals surface area contributed by atoms with Gasteiger partial charge in [-0.15, -0.1) is 0 Å². The fourth-order valence-corrected chi connectivity index (χ4v) is 6.11. The van der Waals surface area contributed by atoms with Gasteiger partial charge in [0.15, 0.2) is 0 Å². The molecule has 3 aliphatic rings. The first kappa shape index (κ1) is 27.3. The minimum Gasteiger partial charge on any atom is -0.401 e. The van der Waals surface area contributed by atoms with Crippen LogP contribution < -0.4 is 27.2 Å². The van der Waals surface area contributed by atoms with Gasteiger partial charge in [0.25, 0.3) is 0 Å². The maximum absolute atomic E-state index is 6.96. The van der Waals surface area contributed by atoms with Crippen molar-refractivity contribution in [2.75, 3.05) is 5.32 Å². The van der Waals surface area contributed by atoms with Crippen molar-refractivity contribution < 1.29 is 0 Å². The number of aliphatic imine (C=N–C) groups is 1. The normalized spacial score (nSPS) is 23.6. The highest BCUT2D eigenvalue weighted by Gasteiger charge is 2.40. The minimum absolute atomic E-state index is 0.135. The molecule has 3 aliphatic carbocycles. The second-order valence-electron chi connectivity index (χ2n) is 11.5. The molecular formula is C36H40N4. The zero-order valence-electron chi connectivity index (χ0n) is 23.8. The summed E-state index contributed by atoms with van der Waals surface area (Å²) in [5.41, 5.74) is 21.2. The lowest BCUT2D eigenvalue weighted by Crippen LogP contribution is -2.42. The number of benzene rings is 2. The monoisotopic (exact) mass is 528 g/mol. The largest absolute Gasteiger partial charge is 0.401 e. The molecule has 4 heteroatoms. The molecule has 4 nitrogen and oxygen atoms in total. The van der Waals surface area contributed by atoms with E-state index in [9.17, 15) is 0 Å². The quantitative estimate of drug-likeness (QED) is 0.284. The van der Waals surface area contributed by atoms with E-state index in [1.807, 2.05) is 24.4 Å². The van der Waals surface area contributed by atoms with Gasteiger partial charge in [-0.1, -0.05) is 75.6 Å². The van der Waals surface area contributed by atoms with Crippen LogP contribution in [0.4, 0.5) is 5.69 Å². The van der Waals surface area contributed by atoms with Crippen LogP contribution >= 0.6 is 0 Å². The molecule has 0 radical (unpaired) electrons. The third-order valence-electron chi connectivity index (χ3n) is 8.27. The third kappa shape index (κ3) is 5.14. The SMILES string of the molecule is C=C/C=C\C=N\C1(C)C[C@@H](/C=C\C(=C)N)c2cc3c(cc21)=C(N)C1CC=CC=C1C=3Nc1ccc(C(C)C)cc1. The summed E-state index contributed by atoms with van der Waals surface area (Å²) in [6.45, 7) is 14.3. The molecule has 0 bridgehead atoms. The molecule has 2 aromatic carbocycles. The van der Waals surface area contributed by atoms with Crippen molar-refractivity contribution in [2.45, 2.75) is 51.0 Å². The van der Waals surface area contributed by atoms with Crippen LogP contribution in [0.15, 0.2) is 114 Å². The zero-order valence-corrected chi connectivity index (χ0v) is 23.8. The summed E-state index contributed by atoms with van der Waals surface area (Å²) in [6, 6.07) is 13.4. The Balaban J connectivity index is 1.74. The van der Waals surface area contributed by atoms with Gasteiger partial charge < -0.3 is 16.8 Å². The van der Waals surface area contributed by atoms with Crippen molar-refractivity contribution in [3.63, 3.8) is 0 Å². The molecule has 2 unspecified atom stereocenters. The Bertz CT molecular complexity index is 1610. The Morgan fingerprint density at radius 1 is 1.15 bits per heavy atom. The van der Waals surface area contributed by atoms with Crippen LogP contribution in [0.1, 0.15) is 62.1 Å². The smallest absolute Gasteiger partial charge is 0.0840 e. The molecule has 0 saturated carbocycles. The first-order chi connectivity index (χ1) is 19.2. The van der Waals surface area contributed by atoms with Gasteiger partial charge in [0.2, 0.25) is 0 Å². The topological polar surface area (TPSA) is 76.4 Å². The van der Waals surface area contributed by atoms with Crippen LogP contribution in [0.3, 0.4) is 0 Å². The van der Waals surface area contributed by atoms with E-state index in [0.29, 0.717) is 11.6 Å². The number of hydrogen-bond donors (Lipinski definition) is 3. The highest BCUT2D eigenvalue weighted by Crippen LogP contribution is 2.47. The van der Waals surface area contributed by atoms with Gasteiger partial charge in [-0.25, -0.2) is 0 Å². The number of hydrogen-bond acceptors (Lipinski definition) is 4. The van der Waals surface area contributed by atoms with Crippen molar-refractivity contribution in [3.05, 3.63) is 137 Å². The fourth-order valence-electron chi connectivity index (χ4n) is 6.11. The summed E-state index contributed by atoms with van der Waals surface area (Å²) in [5.74, 6) is 0.774. The van der Waals surface area contributed by atoms with E-state index in [1.165, 1.54) is 22.3 Å². The highest BCUT2D eigenvalue weighted by atomic mass is 14.9. The van der Waals surface area contributed by atoms with E-state index in [-0.39, 0.29) is 11.8 Å². The number of nitrogens with zero attached hydrogens (tertiary/aromatic N) is 1. The predicted molar refractivity (Wildman–Crippen MR) is 171 cm³/mol. The molecule has 0 heterocycles. The maximum atomic E-state index is 6.96. The van der Waals surface area contributed by atoms with Crippen molar-refractivity contribution >= 4 is 23.3 Å². The van der Waals surface area contributed by atoms with Gasteiger partial charge in [0.1, 0.15) is 0 Å². The molecule has 5 N–H and O–H groups in total. The van der Waals surface area contributed by atoms with E-state index in [4.69, 9.17) is 16.5 Å². The molecular weight excluding hydrogens is 488 g/mol. The van der Waals surface area contributed by atoms with Gasteiger partial charge in [0.05, 0.1) is 11.2 Å². The van der Waals surface area contributed by atoms with E-state index < -0.39 is 5.54 Å². The van der Waals surface area contributed by atoms with Crippen LogP contribution in [0.25, 0.3) is 11.4 Å². The Hall–Kier alpha value is -4.31. The second-order valence-corrected chi connectivity index (χ2v) is 11.5. The maximum Gasteiger partial charge on any atom is 0.0840 e. The minimum atomic E-state index is -0.399. The standard InChI is InChI=1S/C36H40N4/c1-6-7-10-19-39-36(5)22-26(14-13-24(4)37)30-20-32-31(21-33(30)36)34(38)28-11-8-9-12-29(28)35(32)40-27-17-15-25(16-18-27)23(2)3/h6-10,12-21,23,26,28,40H,1,4,11,22,37-38H2,2-3,5H3/b10-7-,14-13-,39-19+/t26-,28?,36?/m1/s1. The van der Waals surface area contributed by atoms with E-state index in [2.05, 4.69) is 99.9 Å². The van der Waals surface area contributed by atoms with Crippen LogP contribution in [0, 0.1) is 5.92 Å². The predicted octanol–water partition coefficient (Wildman–Crippen LogP) is 6.16. The first-order valence-corrected chi connectivity index (χ1v) is 14.1. The lowest BCUT2D eigenvalue weighted by Gasteiger charge is -2.30. The molecule has 0 fully saturated rings. The Labute approximate surface area is 238 Å². The van der Waals surface area contributed by atoms with Crippen molar-refractivity contribution in [3.8, 4) is 0 Å². The number of rotatable bonds is 8. The van der Waals surface area contributed by atoms with Crippen LogP contribution in [-0.4, -0.2) is 6.21 Å². The summed E-state index contributed by atoms with van der Waals surface area (Å²) >= 11 is 0. The Morgan fingerprint density at radius 3 is 2.62 bits per heavy atom.